The monoisotopic (exact) mass is 255 g/mol. The molecule has 0 aliphatic carbocycles. The van der Waals surface area contributed by atoms with Crippen LogP contribution in [0.5, 0.6) is 0 Å². The number of carbonyl (C=O) groups excluding carboxylic acids is 1. The van der Waals surface area contributed by atoms with Crippen LogP contribution in [0.15, 0.2) is 6.07 Å². The Hall–Kier alpha value is -1.40. The summed E-state index contributed by atoms with van der Waals surface area (Å²) in [4.78, 5) is 13.3. The van der Waals surface area contributed by atoms with Crippen molar-refractivity contribution in [1.29, 1.82) is 0 Å². The maximum atomic E-state index is 11.9. The molecule has 0 spiro atoms. The second-order valence-corrected chi connectivity index (χ2v) is 4.23. The van der Waals surface area contributed by atoms with Crippen LogP contribution in [0.3, 0.4) is 0 Å². The van der Waals surface area contributed by atoms with Gasteiger partial charge >= 0.3 is 0 Å². The second kappa shape index (κ2) is 7.13. The van der Waals surface area contributed by atoms with Crippen molar-refractivity contribution >= 4 is 5.91 Å². The lowest BCUT2D eigenvalue weighted by Gasteiger charge is -2.20. The fourth-order valence-electron chi connectivity index (χ4n) is 1.86. The number of carbonyl (C=O) groups is 1. The number of nitrogens with zero attached hydrogens (tertiary/aromatic N) is 3. The minimum absolute atomic E-state index is 0.0781. The number of aromatic nitrogens is 2. The lowest BCUT2D eigenvalue weighted by Crippen LogP contribution is -2.36. The predicted molar refractivity (Wildman–Crippen MR) is 67.1 cm³/mol. The van der Waals surface area contributed by atoms with Crippen molar-refractivity contribution in [2.75, 3.05) is 26.3 Å². The summed E-state index contributed by atoms with van der Waals surface area (Å²) in [5.41, 5.74) is 1.96. The summed E-state index contributed by atoms with van der Waals surface area (Å²) >= 11 is 0. The molecule has 6 nitrogen and oxygen atoms in total. The molecule has 6 heteroatoms. The van der Waals surface area contributed by atoms with E-state index in [9.17, 15) is 4.79 Å². The molecule has 0 aromatic carbocycles. The molecule has 102 valence electrons. The van der Waals surface area contributed by atoms with Gasteiger partial charge in [-0.15, -0.1) is 0 Å². The zero-order valence-corrected chi connectivity index (χ0v) is 11.0. The number of aryl methyl sites for hydroxylation is 3. The molecule has 0 saturated heterocycles. The molecule has 0 saturated carbocycles. The highest BCUT2D eigenvalue weighted by Gasteiger charge is 2.13. The molecule has 1 aromatic rings. The fraction of sp³-hybridized carbons (Fsp3) is 0.667. The van der Waals surface area contributed by atoms with Crippen LogP contribution in [0.4, 0.5) is 0 Å². The lowest BCUT2D eigenvalue weighted by atomic mass is 10.3. The number of aliphatic hydroxyl groups excluding tert-OH is 2. The van der Waals surface area contributed by atoms with E-state index in [1.165, 1.54) is 4.90 Å². The minimum Gasteiger partial charge on any atom is -0.395 e. The quantitative estimate of drug-likeness (QED) is 0.701. The summed E-state index contributed by atoms with van der Waals surface area (Å²) in [5, 5.41) is 22.0. The first kappa shape index (κ1) is 14.7. The van der Waals surface area contributed by atoms with Crippen LogP contribution in [0.25, 0.3) is 0 Å². The van der Waals surface area contributed by atoms with Gasteiger partial charge in [-0.1, -0.05) is 0 Å². The van der Waals surface area contributed by atoms with E-state index in [4.69, 9.17) is 10.2 Å². The molecule has 2 N–H and O–H groups in total. The molecule has 0 aliphatic rings. The largest absolute Gasteiger partial charge is 0.395 e. The van der Waals surface area contributed by atoms with Crippen molar-refractivity contribution in [3.8, 4) is 0 Å². The maximum absolute atomic E-state index is 11.9. The van der Waals surface area contributed by atoms with E-state index in [0.717, 1.165) is 11.4 Å². The number of hydrogen-bond acceptors (Lipinski definition) is 4. The molecule has 0 unspecified atom stereocenters. The van der Waals surface area contributed by atoms with Gasteiger partial charge in [0.05, 0.1) is 18.9 Å². The van der Waals surface area contributed by atoms with Crippen LogP contribution >= 0.6 is 0 Å². The molecule has 0 atom stereocenters. The first-order valence-electron chi connectivity index (χ1n) is 6.09. The highest BCUT2D eigenvalue weighted by Crippen LogP contribution is 2.04. The SMILES string of the molecule is Cc1cc(C)n(CCC(=O)N(CCO)CCO)n1. The normalized spacial score (nSPS) is 10.7. The summed E-state index contributed by atoms with van der Waals surface area (Å²) in [7, 11) is 0. The molecule has 0 aliphatic heterocycles. The summed E-state index contributed by atoms with van der Waals surface area (Å²) in [6.45, 7) is 4.72. The van der Waals surface area contributed by atoms with Crippen LogP contribution in [0, 0.1) is 13.8 Å². The van der Waals surface area contributed by atoms with Gasteiger partial charge in [0.25, 0.3) is 0 Å². The van der Waals surface area contributed by atoms with Crippen molar-refractivity contribution in [1.82, 2.24) is 14.7 Å². The first-order valence-corrected chi connectivity index (χ1v) is 6.09. The summed E-state index contributed by atoms with van der Waals surface area (Å²) < 4.78 is 1.79. The van der Waals surface area contributed by atoms with Crippen LogP contribution in [-0.4, -0.2) is 57.1 Å². The second-order valence-electron chi connectivity index (χ2n) is 4.23. The first-order chi connectivity index (χ1) is 8.58. The van der Waals surface area contributed by atoms with E-state index >= 15 is 0 Å². The van der Waals surface area contributed by atoms with Crippen LogP contribution < -0.4 is 0 Å². The van der Waals surface area contributed by atoms with Gasteiger partial charge < -0.3 is 15.1 Å². The topological polar surface area (TPSA) is 78.6 Å². The van der Waals surface area contributed by atoms with Crippen molar-refractivity contribution in [2.24, 2.45) is 0 Å². The molecule has 0 radical (unpaired) electrons. The number of rotatable bonds is 7. The fourth-order valence-corrected chi connectivity index (χ4v) is 1.86. The molecule has 1 heterocycles. The van der Waals surface area contributed by atoms with Gasteiger partial charge in [-0.25, -0.2) is 0 Å². The van der Waals surface area contributed by atoms with E-state index in [-0.39, 0.29) is 32.2 Å². The van der Waals surface area contributed by atoms with Gasteiger partial charge in [0, 0.05) is 31.7 Å². The Morgan fingerprint density at radius 1 is 1.33 bits per heavy atom. The maximum Gasteiger partial charge on any atom is 0.224 e. The number of aliphatic hydroxyl groups is 2. The zero-order chi connectivity index (χ0) is 13.5. The molecule has 0 bridgehead atoms. The van der Waals surface area contributed by atoms with Gasteiger partial charge in [-0.3, -0.25) is 9.48 Å². The van der Waals surface area contributed by atoms with Gasteiger partial charge in [-0.05, 0) is 19.9 Å². The molecule has 1 rings (SSSR count). The zero-order valence-electron chi connectivity index (χ0n) is 11.0. The highest BCUT2D eigenvalue weighted by molar-refractivity contribution is 5.76. The van der Waals surface area contributed by atoms with Crippen LogP contribution in [-0.2, 0) is 11.3 Å². The Morgan fingerprint density at radius 3 is 2.39 bits per heavy atom. The molecular weight excluding hydrogens is 234 g/mol. The Kier molecular flexibility index (Phi) is 5.80. The van der Waals surface area contributed by atoms with Crippen molar-refractivity contribution in [3.05, 3.63) is 17.5 Å². The third-order valence-corrected chi connectivity index (χ3v) is 2.73. The van der Waals surface area contributed by atoms with Crippen LogP contribution in [0.2, 0.25) is 0 Å². The average molecular weight is 255 g/mol. The third-order valence-electron chi connectivity index (χ3n) is 2.73. The van der Waals surface area contributed by atoms with Gasteiger partial charge in [-0.2, -0.15) is 5.10 Å². The van der Waals surface area contributed by atoms with Crippen molar-refractivity contribution in [3.63, 3.8) is 0 Å². The summed E-state index contributed by atoms with van der Waals surface area (Å²) in [6, 6.07) is 1.96. The predicted octanol–water partition coefficient (Wildman–Crippen LogP) is -0.297. The van der Waals surface area contributed by atoms with Gasteiger partial charge in [0.2, 0.25) is 5.91 Å². The van der Waals surface area contributed by atoms with E-state index in [1.54, 1.807) is 4.68 Å². The highest BCUT2D eigenvalue weighted by atomic mass is 16.3. The lowest BCUT2D eigenvalue weighted by molar-refractivity contribution is -0.132. The van der Waals surface area contributed by atoms with E-state index in [2.05, 4.69) is 5.10 Å². The van der Waals surface area contributed by atoms with Crippen LogP contribution in [0.1, 0.15) is 17.8 Å². The van der Waals surface area contributed by atoms with E-state index in [0.29, 0.717) is 13.0 Å². The molecule has 18 heavy (non-hydrogen) atoms. The minimum atomic E-state index is -0.0916. The Labute approximate surface area is 107 Å². The Bertz CT molecular complexity index is 384. The summed E-state index contributed by atoms with van der Waals surface area (Å²) in [6.07, 6.45) is 0.321. The standard InChI is InChI=1S/C12H21N3O3/c1-10-9-11(2)15(13-10)4-3-12(18)14(5-7-16)6-8-17/h9,16-17H,3-8H2,1-2H3. The smallest absolute Gasteiger partial charge is 0.224 e. The third kappa shape index (κ3) is 4.12. The molecule has 0 fully saturated rings. The van der Waals surface area contributed by atoms with Gasteiger partial charge in [0.15, 0.2) is 0 Å². The number of hydrogen-bond donors (Lipinski definition) is 2. The molecule has 1 aromatic heterocycles. The molecular formula is C12H21N3O3. The molecule has 1 amide bonds. The summed E-state index contributed by atoms with van der Waals surface area (Å²) in [5.74, 6) is -0.0781. The van der Waals surface area contributed by atoms with Gasteiger partial charge in [0.1, 0.15) is 0 Å². The Morgan fingerprint density at radius 2 is 1.94 bits per heavy atom. The van der Waals surface area contributed by atoms with E-state index in [1.807, 2.05) is 19.9 Å². The average Bonchev–Trinajstić information content (AvgIpc) is 2.64. The number of amides is 1. The van der Waals surface area contributed by atoms with E-state index < -0.39 is 0 Å². The van der Waals surface area contributed by atoms with Crippen molar-refractivity contribution < 1.29 is 15.0 Å². The van der Waals surface area contributed by atoms with Crippen molar-refractivity contribution in [2.45, 2.75) is 26.8 Å². The Balaban J connectivity index is 2.50.